The molecule has 0 radical (unpaired) electrons. The third-order valence-corrected chi connectivity index (χ3v) is 4.04. The van der Waals surface area contributed by atoms with Gasteiger partial charge in [-0.1, -0.05) is 18.2 Å². The molecule has 0 spiro atoms. The molecule has 1 aromatic heterocycles. The smallest absolute Gasteiger partial charge is 0.417 e. The standard InChI is InChI=1S/C19H15F3N4O/c1-12(27-14-9-7-13(11-23)8-10-14)17-24-25-18(26(17)2)15-5-3-4-6-16(15)19(20,21)22/h3-10,12H,1-2H3/t12-/m0/s1. The van der Waals surface area contributed by atoms with Gasteiger partial charge in [0.15, 0.2) is 17.8 Å². The van der Waals surface area contributed by atoms with Gasteiger partial charge in [0.05, 0.1) is 17.2 Å². The second kappa shape index (κ2) is 7.11. The molecule has 0 fully saturated rings. The van der Waals surface area contributed by atoms with Gasteiger partial charge in [-0.25, -0.2) is 0 Å². The lowest BCUT2D eigenvalue weighted by molar-refractivity contribution is -0.137. The van der Waals surface area contributed by atoms with Crippen LogP contribution in [0, 0.1) is 11.3 Å². The van der Waals surface area contributed by atoms with E-state index in [2.05, 4.69) is 10.2 Å². The minimum Gasteiger partial charge on any atom is -0.483 e. The van der Waals surface area contributed by atoms with Crippen molar-refractivity contribution in [3.05, 3.63) is 65.5 Å². The number of hydrogen-bond donors (Lipinski definition) is 0. The molecule has 8 heteroatoms. The zero-order chi connectivity index (χ0) is 19.6. The Balaban J connectivity index is 1.90. The summed E-state index contributed by atoms with van der Waals surface area (Å²) < 4.78 is 47.1. The van der Waals surface area contributed by atoms with E-state index in [1.807, 2.05) is 6.07 Å². The zero-order valence-corrected chi connectivity index (χ0v) is 14.5. The van der Waals surface area contributed by atoms with E-state index < -0.39 is 17.8 Å². The first-order valence-corrected chi connectivity index (χ1v) is 8.04. The van der Waals surface area contributed by atoms with Crippen LogP contribution in [-0.2, 0) is 13.2 Å². The summed E-state index contributed by atoms with van der Waals surface area (Å²) >= 11 is 0. The molecule has 2 aromatic carbocycles. The van der Waals surface area contributed by atoms with Gasteiger partial charge < -0.3 is 9.30 Å². The van der Waals surface area contributed by atoms with Crippen molar-refractivity contribution in [3.8, 4) is 23.2 Å². The minimum atomic E-state index is -4.49. The molecule has 0 saturated heterocycles. The summed E-state index contributed by atoms with van der Waals surface area (Å²) in [5.74, 6) is 1.00. The Morgan fingerprint density at radius 3 is 2.37 bits per heavy atom. The van der Waals surface area contributed by atoms with E-state index in [0.717, 1.165) is 6.07 Å². The van der Waals surface area contributed by atoms with E-state index in [0.29, 0.717) is 17.1 Å². The Labute approximate surface area is 153 Å². The van der Waals surface area contributed by atoms with Gasteiger partial charge in [0.2, 0.25) is 0 Å². The maximum atomic E-state index is 13.3. The monoisotopic (exact) mass is 372 g/mol. The molecule has 0 bridgehead atoms. The van der Waals surface area contributed by atoms with Crippen LogP contribution in [0.15, 0.2) is 48.5 Å². The highest BCUT2D eigenvalue weighted by molar-refractivity contribution is 5.61. The lowest BCUT2D eigenvalue weighted by atomic mass is 10.1. The van der Waals surface area contributed by atoms with E-state index in [9.17, 15) is 13.2 Å². The van der Waals surface area contributed by atoms with Crippen LogP contribution in [0.25, 0.3) is 11.4 Å². The summed E-state index contributed by atoms with van der Waals surface area (Å²) in [7, 11) is 1.59. The van der Waals surface area contributed by atoms with Gasteiger partial charge in [-0.05, 0) is 37.3 Å². The molecular formula is C19H15F3N4O. The second-order valence-electron chi connectivity index (χ2n) is 5.88. The minimum absolute atomic E-state index is 0.0446. The molecule has 27 heavy (non-hydrogen) atoms. The molecule has 5 nitrogen and oxygen atoms in total. The van der Waals surface area contributed by atoms with Gasteiger partial charge in [-0.15, -0.1) is 10.2 Å². The fourth-order valence-electron chi connectivity index (χ4n) is 2.72. The maximum absolute atomic E-state index is 13.3. The van der Waals surface area contributed by atoms with Gasteiger partial charge in [0.1, 0.15) is 5.75 Å². The van der Waals surface area contributed by atoms with Crippen LogP contribution in [0.1, 0.15) is 30.0 Å². The van der Waals surface area contributed by atoms with Crippen LogP contribution >= 0.6 is 0 Å². The molecule has 1 heterocycles. The Morgan fingerprint density at radius 1 is 1.07 bits per heavy atom. The molecule has 0 amide bonds. The summed E-state index contributed by atoms with van der Waals surface area (Å²) in [6.45, 7) is 1.72. The zero-order valence-electron chi connectivity index (χ0n) is 14.5. The van der Waals surface area contributed by atoms with Gasteiger partial charge in [0, 0.05) is 12.6 Å². The topological polar surface area (TPSA) is 63.7 Å². The number of rotatable bonds is 4. The van der Waals surface area contributed by atoms with E-state index in [1.165, 1.54) is 22.8 Å². The highest BCUT2D eigenvalue weighted by Crippen LogP contribution is 2.36. The predicted octanol–water partition coefficient (Wildman–Crippen LogP) is 4.51. The average molecular weight is 372 g/mol. The van der Waals surface area contributed by atoms with Crippen molar-refractivity contribution >= 4 is 0 Å². The van der Waals surface area contributed by atoms with E-state index in [4.69, 9.17) is 10.00 Å². The first-order valence-electron chi connectivity index (χ1n) is 8.04. The SMILES string of the molecule is C[C@H](Oc1ccc(C#N)cc1)c1nnc(-c2ccccc2C(F)(F)F)n1C. The van der Waals surface area contributed by atoms with Crippen molar-refractivity contribution in [2.75, 3.05) is 0 Å². The normalized spacial score (nSPS) is 12.4. The fourth-order valence-corrected chi connectivity index (χ4v) is 2.72. The fraction of sp³-hybridized carbons (Fsp3) is 0.211. The largest absolute Gasteiger partial charge is 0.483 e. The lowest BCUT2D eigenvalue weighted by Crippen LogP contribution is -2.11. The molecule has 0 unspecified atom stereocenters. The molecule has 3 rings (SSSR count). The number of ether oxygens (including phenoxy) is 1. The number of halogens is 3. The van der Waals surface area contributed by atoms with E-state index in [-0.39, 0.29) is 11.4 Å². The number of nitriles is 1. The van der Waals surface area contributed by atoms with Gasteiger partial charge in [0.25, 0.3) is 0 Å². The van der Waals surface area contributed by atoms with E-state index >= 15 is 0 Å². The van der Waals surface area contributed by atoms with Crippen LogP contribution in [-0.4, -0.2) is 14.8 Å². The van der Waals surface area contributed by atoms with Gasteiger partial charge in [-0.2, -0.15) is 18.4 Å². The van der Waals surface area contributed by atoms with Crippen molar-refractivity contribution < 1.29 is 17.9 Å². The molecule has 0 aliphatic carbocycles. The molecular weight excluding hydrogens is 357 g/mol. The number of hydrogen-bond acceptors (Lipinski definition) is 4. The molecule has 0 aliphatic heterocycles. The number of alkyl halides is 3. The summed E-state index contributed by atoms with van der Waals surface area (Å²) in [6, 6.07) is 13.8. The average Bonchev–Trinajstić information content (AvgIpc) is 3.03. The summed E-state index contributed by atoms with van der Waals surface area (Å²) in [4.78, 5) is 0. The summed E-state index contributed by atoms with van der Waals surface area (Å²) in [5.41, 5.74) is -0.316. The Kier molecular flexibility index (Phi) is 4.86. The lowest BCUT2D eigenvalue weighted by Gasteiger charge is -2.15. The third kappa shape index (κ3) is 3.77. The molecule has 0 aliphatic rings. The first kappa shape index (κ1) is 18.5. The van der Waals surface area contributed by atoms with Crippen LogP contribution in [0.4, 0.5) is 13.2 Å². The van der Waals surface area contributed by atoms with Crippen LogP contribution in [0.5, 0.6) is 5.75 Å². The van der Waals surface area contributed by atoms with Crippen molar-refractivity contribution in [3.63, 3.8) is 0 Å². The quantitative estimate of drug-likeness (QED) is 0.676. The van der Waals surface area contributed by atoms with Crippen molar-refractivity contribution in [1.82, 2.24) is 14.8 Å². The van der Waals surface area contributed by atoms with Crippen molar-refractivity contribution in [2.45, 2.75) is 19.2 Å². The third-order valence-electron chi connectivity index (χ3n) is 4.04. The molecule has 0 saturated carbocycles. The molecule has 138 valence electrons. The molecule has 3 aromatic rings. The number of nitrogens with zero attached hydrogens (tertiary/aromatic N) is 4. The Hall–Kier alpha value is -3.34. The Bertz CT molecular complexity index is 987. The first-order chi connectivity index (χ1) is 12.8. The molecule has 0 N–H and O–H groups in total. The maximum Gasteiger partial charge on any atom is 0.417 e. The second-order valence-corrected chi connectivity index (χ2v) is 5.88. The summed E-state index contributed by atoms with van der Waals surface area (Å²) in [6.07, 6.45) is -5.05. The highest BCUT2D eigenvalue weighted by atomic mass is 19.4. The summed E-state index contributed by atoms with van der Waals surface area (Å²) in [5, 5.41) is 16.8. The number of aromatic nitrogens is 3. The van der Waals surface area contributed by atoms with Gasteiger partial charge >= 0.3 is 6.18 Å². The van der Waals surface area contributed by atoms with Crippen LogP contribution in [0.3, 0.4) is 0 Å². The van der Waals surface area contributed by atoms with Crippen LogP contribution in [0.2, 0.25) is 0 Å². The van der Waals surface area contributed by atoms with Crippen molar-refractivity contribution in [2.24, 2.45) is 7.05 Å². The van der Waals surface area contributed by atoms with Crippen molar-refractivity contribution in [1.29, 1.82) is 5.26 Å². The highest BCUT2D eigenvalue weighted by Gasteiger charge is 2.34. The van der Waals surface area contributed by atoms with Crippen LogP contribution < -0.4 is 4.74 Å². The van der Waals surface area contributed by atoms with E-state index in [1.54, 1.807) is 38.2 Å². The number of benzene rings is 2. The van der Waals surface area contributed by atoms with Gasteiger partial charge in [-0.3, -0.25) is 0 Å². The Morgan fingerprint density at radius 2 is 1.74 bits per heavy atom. The predicted molar refractivity (Wildman–Crippen MR) is 91.6 cm³/mol. The molecule has 1 atom stereocenters.